The summed E-state index contributed by atoms with van der Waals surface area (Å²) in [7, 11) is 0. The number of rotatable bonds is 1. The second-order valence-corrected chi connectivity index (χ2v) is 11.9. The first-order chi connectivity index (χ1) is 15.2. The molecule has 4 aliphatic carbocycles. The van der Waals surface area contributed by atoms with Crippen LogP contribution in [0.5, 0.6) is 0 Å². The molecule has 0 aromatic heterocycles. The minimum atomic E-state index is 0.770. The normalized spacial score (nSPS) is 39.4. The second kappa shape index (κ2) is 7.09. The molecule has 4 fully saturated rings. The SMILES string of the molecule is CC1CC2CCC3CC(c4cccc5cc6ccccc6cc45)CC4CCC(C1)C2C34. The van der Waals surface area contributed by atoms with E-state index in [1.165, 1.54) is 72.9 Å². The van der Waals surface area contributed by atoms with Crippen LogP contribution in [-0.2, 0) is 0 Å². The van der Waals surface area contributed by atoms with Gasteiger partial charge in [-0.2, -0.15) is 0 Å². The van der Waals surface area contributed by atoms with Crippen molar-refractivity contribution in [2.75, 3.05) is 0 Å². The van der Waals surface area contributed by atoms with Gasteiger partial charge in [0.1, 0.15) is 0 Å². The van der Waals surface area contributed by atoms with Gasteiger partial charge in [0, 0.05) is 0 Å². The maximum Gasteiger partial charge on any atom is -0.0143 e. The molecule has 4 atom stereocenters. The van der Waals surface area contributed by atoms with Crippen LogP contribution in [0, 0.1) is 41.4 Å². The quantitative estimate of drug-likeness (QED) is 0.354. The Morgan fingerprint density at radius 2 is 1.13 bits per heavy atom. The van der Waals surface area contributed by atoms with Crippen LogP contribution < -0.4 is 0 Å². The summed E-state index contributed by atoms with van der Waals surface area (Å²) in [6.07, 6.45) is 12.1. The van der Waals surface area contributed by atoms with E-state index in [9.17, 15) is 0 Å². The Hall–Kier alpha value is -1.82. The molecule has 0 N–H and O–H groups in total. The topological polar surface area (TPSA) is 0 Å². The summed E-state index contributed by atoms with van der Waals surface area (Å²) in [4.78, 5) is 0. The largest absolute Gasteiger partial charge is 0.0625 e. The lowest BCUT2D eigenvalue weighted by molar-refractivity contribution is -0.0907. The molecule has 0 heteroatoms. The van der Waals surface area contributed by atoms with Crippen LogP contribution in [-0.4, -0.2) is 0 Å². The first kappa shape index (κ1) is 18.7. The Morgan fingerprint density at radius 1 is 0.581 bits per heavy atom. The highest BCUT2D eigenvalue weighted by Crippen LogP contribution is 2.62. The molecule has 0 heterocycles. The Morgan fingerprint density at radius 3 is 1.77 bits per heavy atom. The van der Waals surface area contributed by atoms with Crippen molar-refractivity contribution >= 4 is 21.5 Å². The van der Waals surface area contributed by atoms with Gasteiger partial charge in [-0.3, -0.25) is 0 Å². The van der Waals surface area contributed by atoms with Gasteiger partial charge in [0.2, 0.25) is 0 Å². The molecule has 7 rings (SSSR count). The Labute approximate surface area is 187 Å². The van der Waals surface area contributed by atoms with Gasteiger partial charge in [0.05, 0.1) is 0 Å². The molecule has 31 heavy (non-hydrogen) atoms. The minimum absolute atomic E-state index is 0.770. The fourth-order valence-electron chi connectivity index (χ4n) is 9.31. The summed E-state index contributed by atoms with van der Waals surface area (Å²) < 4.78 is 0. The molecule has 0 nitrogen and oxygen atoms in total. The Bertz CT molecular complexity index is 1100. The van der Waals surface area contributed by atoms with Gasteiger partial charge >= 0.3 is 0 Å². The molecule has 0 radical (unpaired) electrons. The highest BCUT2D eigenvalue weighted by molar-refractivity contribution is 5.99. The third-order valence-electron chi connectivity index (χ3n) is 10.2. The van der Waals surface area contributed by atoms with Gasteiger partial charge in [0.25, 0.3) is 0 Å². The second-order valence-electron chi connectivity index (χ2n) is 11.9. The van der Waals surface area contributed by atoms with Crippen molar-refractivity contribution in [1.29, 1.82) is 0 Å². The Kier molecular flexibility index (Phi) is 4.28. The van der Waals surface area contributed by atoms with Gasteiger partial charge in [-0.05, 0) is 138 Å². The molecule has 4 unspecified atom stereocenters. The van der Waals surface area contributed by atoms with Crippen LogP contribution in [0.4, 0.5) is 0 Å². The summed E-state index contributed by atoms with van der Waals surface area (Å²) in [5.41, 5.74) is 1.66. The predicted octanol–water partition coefficient (Wildman–Crippen LogP) is 8.59. The van der Waals surface area contributed by atoms with Crippen LogP contribution in [0.25, 0.3) is 21.5 Å². The first-order valence-electron chi connectivity index (χ1n) is 13.2. The van der Waals surface area contributed by atoms with Crippen molar-refractivity contribution in [2.24, 2.45) is 41.4 Å². The van der Waals surface area contributed by atoms with Crippen LogP contribution in [0.1, 0.15) is 69.8 Å². The molecule has 160 valence electrons. The zero-order chi connectivity index (χ0) is 20.5. The zero-order valence-electron chi connectivity index (χ0n) is 19.0. The molecular weight excluding hydrogens is 372 g/mol. The molecule has 4 aliphatic rings. The zero-order valence-corrected chi connectivity index (χ0v) is 19.0. The monoisotopic (exact) mass is 408 g/mol. The molecule has 3 aromatic carbocycles. The summed E-state index contributed by atoms with van der Waals surface area (Å²) in [6, 6.07) is 20.9. The minimum Gasteiger partial charge on any atom is -0.0625 e. The van der Waals surface area contributed by atoms with Gasteiger partial charge in [-0.1, -0.05) is 49.4 Å². The summed E-state index contributed by atoms with van der Waals surface area (Å²) >= 11 is 0. The summed E-state index contributed by atoms with van der Waals surface area (Å²) in [5.74, 6) is 8.04. The van der Waals surface area contributed by atoms with Gasteiger partial charge in [-0.15, -0.1) is 0 Å². The van der Waals surface area contributed by atoms with E-state index < -0.39 is 0 Å². The van der Waals surface area contributed by atoms with Gasteiger partial charge in [-0.25, -0.2) is 0 Å². The maximum absolute atomic E-state index is 2.54. The molecular formula is C31H36. The average molecular weight is 409 g/mol. The Balaban J connectivity index is 1.26. The third-order valence-corrected chi connectivity index (χ3v) is 10.2. The number of hydrogen-bond donors (Lipinski definition) is 0. The fourth-order valence-corrected chi connectivity index (χ4v) is 9.31. The fraction of sp³-hybridized carbons (Fsp3) is 0.548. The average Bonchev–Trinajstić information content (AvgIpc) is 2.80. The predicted molar refractivity (Wildman–Crippen MR) is 131 cm³/mol. The van der Waals surface area contributed by atoms with E-state index in [0.29, 0.717) is 0 Å². The lowest BCUT2D eigenvalue weighted by atomic mass is 9.46. The van der Waals surface area contributed by atoms with E-state index in [4.69, 9.17) is 0 Å². The highest BCUT2D eigenvalue weighted by atomic mass is 14.6. The summed E-state index contributed by atoms with van der Waals surface area (Å²) in [6.45, 7) is 2.54. The smallest absolute Gasteiger partial charge is 0.0143 e. The van der Waals surface area contributed by atoms with E-state index in [0.717, 1.165) is 47.3 Å². The highest BCUT2D eigenvalue weighted by Gasteiger charge is 2.53. The number of benzene rings is 3. The van der Waals surface area contributed by atoms with Crippen molar-refractivity contribution in [3.05, 3.63) is 60.2 Å². The first-order valence-corrected chi connectivity index (χ1v) is 13.2. The number of fused-ring (bicyclic) bond motifs is 2. The molecule has 0 aliphatic heterocycles. The van der Waals surface area contributed by atoms with Crippen LogP contribution >= 0.6 is 0 Å². The molecule has 0 saturated heterocycles. The van der Waals surface area contributed by atoms with Gasteiger partial charge < -0.3 is 0 Å². The molecule has 0 amide bonds. The van der Waals surface area contributed by atoms with Crippen LogP contribution in [0.15, 0.2) is 54.6 Å². The van der Waals surface area contributed by atoms with Crippen molar-refractivity contribution in [3.63, 3.8) is 0 Å². The standard InChI is InChI=1S/C31H36/c1-19-13-23-9-11-25-16-27(17-26-12-10-24(14-19)30(23)31(25)26)28-8-4-7-22-15-20-5-2-3-6-21(20)18-29(22)28/h2-8,15,18-19,23-27,30-31H,9-14,16-17H2,1H3. The van der Waals surface area contributed by atoms with Crippen LogP contribution in [0.2, 0.25) is 0 Å². The molecule has 4 saturated carbocycles. The lowest BCUT2D eigenvalue weighted by Gasteiger charge is -2.59. The van der Waals surface area contributed by atoms with E-state index >= 15 is 0 Å². The van der Waals surface area contributed by atoms with E-state index in [1.807, 2.05) is 0 Å². The van der Waals surface area contributed by atoms with Gasteiger partial charge in [0.15, 0.2) is 0 Å². The number of hydrogen-bond acceptors (Lipinski definition) is 0. The van der Waals surface area contributed by atoms with Crippen molar-refractivity contribution in [1.82, 2.24) is 0 Å². The lowest BCUT2D eigenvalue weighted by Crippen LogP contribution is -2.51. The molecule has 3 aromatic rings. The van der Waals surface area contributed by atoms with Crippen molar-refractivity contribution < 1.29 is 0 Å². The molecule has 0 bridgehead atoms. The van der Waals surface area contributed by atoms with E-state index in [-0.39, 0.29) is 0 Å². The van der Waals surface area contributed by atoms with E-state index in [2.05, 4.69) is 61.5 Å². The van der Waals surface area contributed by atoms with Crippen LogP contribution in [0.3, 0.4) is 0 Å². The van der Waals surface area contributed by atoms with Crippen molar-refractivity contribution in [2.45, 2.75) is 64.2 Å². The van der Waals surface area contributed by atoms with Crippen molar-refractivity contribution in [3.8, 4) is 0 Å². The third kappa shape index (κ3) is 2.93. The summed E-state index contributed by atoms with van der Waals surface area (Å²) in [5, 5.41) is 5.73. The molecule has 0 spiro atoms. The van der Waals surface area contributed by atoms with E-state index in [1.54, 1.807) is 5.56 Å². The maximum atomic E-state index is 2.54.